The lowest BCUT2D eigenvalue weighted by Crippen LogP contribution is -2.35. The van der Waals surface area contributed by atoms with Gasteiger partial charge in [-0.2, -0.15) is 0 Å². The van der Waals surface area contributed by atoms with E-state index in [-0.39, 0.29) is 6.04 Å². The van der Waals surface area contributed by atoms with Crippen LogP contribution in [0.5, 0.6) is 0 Å². The Morgan fingerprint density at radius 2 is 2.11 bits per heavy atom. The number of benzene rings is 1. The first-order valence-electron chi connectivity index (χ1n) is 7.00. The average molecular weight is 301 g/mol. The Kier molecular flexibility index (Phi) is 5.52. The summed E-state index contributed by atoms with van der Waals surface area (Å²) in [5.74, 6) is 0. The second kappa shape index (κ2) is 6.94. The maximum absolute atomic E-state index is 6.06. The highest BCUT2D eigenvalue weighted by Gasteiger charge is 2.18. The van der Waals surface area contributed by atoms with Crippen LogP contribution in [0.15, 0.2) is 18.2 Å². The van der Waals surface area contributed by atoms with Gasteiger partial charge in [0.15, 0.2) is 0 Å². The smallest absolute Gasteiger partial charge is 0.0595 e. The molecule has 4 heteroatoms. The summed E-state index contributed by atoms with van der Waals surface area (Å²) in [7, 11) is 0. The standard InChI is InChI=1S/C15H22Cl2N2/c1-10(8-13-4-3-7-18-13)19-11(2)12-5-6-14(16)15(17)9-12/h5-6,9-11,13,18-19H,3-4,7-8H2,1-2H3. The predicted octanol–water partition coefficient (Wildman–Crippen LogP) is 4.17. The summed E-state index contributed by atoms with van der Waals surface area (Å²) in [5.41, 5.74) is 1.18. The second-order valence-corrected chi connectivity index (χ2v) is 6.31. The number of hydrogen-bond donors (Lipinski definition) is 2. The minimum Gasteiger partial charge on any atom is -0.314 e. The molecule has 19 heavy (non-hydrogen) atoms. The van der Waals surface area contributed by atoms with E-state index in [1.54, 1.807) is 0 Å². The van der Waals surface area contributed by atoms with Crippen molar-refractivity contribution in [3.8, 4) is 0 Å². The van der Waals surface area contributed by atoms with Gasteiger partial charge < -0.3 is 10.6 Å². The third kappa shape index (κ3) is 4.35. The van der Waals surface area contributed by atoms with Crippen LogP contribution >= 0.6 is 23.2 Å². The van der Waals surface area contributed by atoms with Crippen molar-refractivity contribution >= 4 is 23.2 Å². The van der Waals surface area contributed by atoms with Gasteiger partial charge in [-0.05, 0) is 57.4 Å². The van der Waals surface area contributed by atoms with Crippen molar-refractivity contribution in [3.05, 3.63) is 33.8 Å². The lowest BCUT2D eigenvalue weighted by Gasteiger charge is -2.23. The average Bonchev–Trinajstić information content (AvgIpc) is 2.85. The van der Waals surface area contributed by atoms with Crippen molar-refractivity contribution < 1.29 is 0 Å². The fraction of sp³-hybridized carbons (Fsp3) is 0.600. The Balaban J connectivity index is 1.88. The number of hydrogen-bond acceptors (Lipinski definition) is 2. The molecule has 0 bridgehead atoms. The summed E-state index contributed by atoms with van der Waals surface area (Å²) in [6.07, 6.45) is 3.78. The lowest BCUT2D eigenvalue weighted by atomic mass is 10.0. The molecule has 0 aromatic heterocycles. The highest BCUT2D eigenvalue weighted by Crippen LogP contribution is 2.26. The summed E-state index contributed by atoms with van der Waals surface area (Å²) in [4.78, 5) is 0. The predicted molar refractivity (Wildman–Crippen MR) is 83.1 cm³/mol. The van der Waals surface area contributed by atoms with Crippen molar-refractivity contribution in [2.24, 2.45) is 0 Å². The van der Waals surface area contributed by atoms with Gasteiger partial charge in [-0.3, -0.25) is 0 Å². The van der Waals surface area contributed by atoms with Gasteiger partial charge >= 0.3 is 0 Å². The molecule has 2 nitrogen and oxygen atoms in total. The molecule has 1 aliphatic heterocycles. The Morgan fingerprint density at radius 3 is 2.74 bits per heavy atom. The Labute approximate surface area is 125 Å². The fourth-order valence-corrected chi connectivity index (χ4v) is 3.06. The first-order chi connectivity index (χ1) is 9.06. The van der Waals surface area contributed by atoms with Gasteiger partial charge in [0, 0.05) is 18.1 Å². The molecule has 0 aliphatic carbocycles. The third-order valence-electron chi connectivity index (χ3n) is 3.78. The highest BCUT2D eigenvalue weighted by atomic mass is 35.5. The summed E-state index contributed by atoms with van der Waals surface area (Å²) in [5, 5.41) is 8.40. The summed E-state index contributed by atoms with van der Waals surface area (Å²) in [6.45, 7) is 5.58. The van der Waals surface area contributed by atoms with Gasteiger partial charge in [0.1, 0.15) is 0 Å². The van der Waals surface area contributed by atoms with Crippen LogP contribution < -0.4 is 10.6 Å². The molecule has 0 radical (unpaired) electrons. The van der Waals surface area contributed by atoms with Crippen molar-refractivity contribution in [2.45, 2.75) is 51.2 Å². The van der Waals surface area contributed by atoms with Crippen LogP contribution in [0.25, 0.3) is 0 Å². The van der Waals surface area contributed by atoms with Crippen molar-refractivity contribution in [2.75, 3.05) is 6.54 Å². The van der Waals surface area contributed by atoms with Crippen LogP contribution in [0.2, 0.25) is 10.0 Å². The largest absolute Gasteiger partial charge is 0.314 e. The normalized spacial score (nSPS) is 22.4. The van der Waals surface area contributed by atoms with Gasteiger partial charge in [-0.1, -0.05) is 29.3 Å². The van der Waals surface area contributed by atoms with Crippen LogP contribution in [-0.4, -0.2) is 18.6 Å². The van der Waals surface area contributed by atoms with Gasteiger partial charge in [0.25, 0.3) is 0 Å². The highest BCUT2D eigenvalue weighted by molar-refractivity contribution is 6.42. The summed E-state index contributed by atoms with van der Waals surface area (Å²) < 4.78 is 0. The summed E-state index contributed by atoms with van der Waals surface area (Å²) >= 11 is 12.0. The number of nitrogens with one attached hydrogen (secondary N) is 2. The monoisotopic (exact) mass is 300 g/mol. The maximum atomic E-state index is 6.06. The van der Waals surface area contributed by atoms with Crippen LogP contribution in [0.4, 0.5) is 0 Å². The van der Waals surface area contributed by atoms with E-state index >= 15 is 0 Å². The molecular weight excluding hydrogens is 279 g/mol. The molecule has 106 valence electrons. The first-order valence-corrected chi connectivity index (χ1v) is 7.76. The molecule has 3 atom stereocenters. The molecule has 1 fully saturated rings. The van der Waals surface area contributed by atoms with Gasteiger partial charge in [0.05, 0.1) is 10.0 Å². The third-order valence-corrected chi connectivity index (χ3v) is 4.52. The molecule has 3 unspecified atom stereocenters. The molecular formula is C15H22Cl2N2. The lowest BCUT2D eigenvalue weighted by molar-refractivity contribution is 0.407. The van der Waals surface area contributed by atoms with E-state index in [2.05, 4.69) is 24.5 Å². The van der Waals surface area contributed by atoms with Crippen LogP contribution in [0, 0.1) is 0 Å². The zero-order valence-electron chi connectivity index (χ0n) is 11.5. The number of rotatable bonds is 5. The zero-order chi connectivity index (χ0) is 13.8. The van der Waals surface area contributed by atoms with E-state index in [4.69, 9.17) is 23.2 Å². The van der Waals surface area contributed by atoms with Crippen molar-refractivity contribution in [3.63, 3.8) is 0 Å². The molecule has 1 heterocycles. The number of halogens is 2. The van der Waals surface area contributed by atoms with Gasteiger partial charge in [0.2, 0.25) is 0 Å². The Hall–Kier alpha value is -0.280. The maximum Gasteiger partial charge on any atom is 0.0595 e. The topological polar surface area (TPSA) is 24.1 Å². The molecule has 2 N–H and O–H groups in total. The van der Waals surface area contributed by atoms with E-state index < -0.39 is 0 Å². The SMILES string of the molecule is CC(CC1CCCN1)NC(C)c1ccc(Cl)c(Cl)c1. The van der Waals surface area contributed by atoms with E-state index in [9.17, 15) is 0 Å². The molecule has 1 saturated heterocycles. The molecule has 1 aromatic carbocycles. The van der Waals surface area contributed by atoms with E-state index in [1.165, 1.54) is 31.4 Å². The van der Waals surface area contributed by atoms with E-state index in [0.717, 1.165) is 0 Å². The minimum absolute atomic E-state index is 0.283. The minimum atomic E-state index is 0.283. The van der Waals surface area contributed by atoms with E-state index in [0.29, 0.717) is 22.1 Å². The Bertz CT molecular complexity index is 417. The second-order valence-electron chi connectivity index (χ2n) is 5.49. The van der Waals surface area contributed by atoms with Crippen molar-refractivity contribution in [1.29, 1.82) is 0 Å². The molecule has 2 rings (SSSR count). The van der Waals surface area contributed by atoms with Crippen LogP contribution in [-0.2, 0) is 0 Å². The molecule has 0 amide bonds. The molecule has 0 spiro atoms. The quantitative estimate of drug-likeness (QED) is 0.852. The van der Waals surface area contributed by atoms with Crippen LogP contribution in [0.3, 0.4) is 0 Å². The molecule has 1 aromatic rings. The van der Waals surface area contributed by atoms with Gasteiger partial charge in [-0.15, -0.1) is 0 Å². The zero-order valence-corrected chi connectivity index (χ0v) is 13.1. The first kappa shape index (κ1) is 15.1. The van der Waals surface area contributed by atoms with Gasteiger partial charge in [-0.25, -0.2) is 0 Å². The molecule has 1 aliphatic rings. The van der Waals surface area contributed by atoms with Crippen LogP contribution in [0.1, 0.15) is 44.7 Å². The van der Waals surface area contributed by atoms with E-state index in [1.807, 2.05) is 18.2 Å². The molecule has 0 saturated carbocycles. The van der Waals surface area contributed by atoms with Crippen molar-refractivity contribution in [1.82, 2.24) is 10.6 Å². The Morgan fingerprint density at radius 1 is 1.32 bits per heavy atom. The fourth-order valence-electron chi connectivity index (χ4n) is 2.76. The summed E-state index contributed by atoms with van der Waals surface area (Å²) in [6, 6.07) is 7.28.